The topological polar surface area (TPSA) is 108 Å². The predicted molar refractivity (Wildman–Crippen MR) is 120 cm³/mol. The number of hydrazine groups is 1. The van der Waals surface area contributed by atoms with Crippen LogP contribution in [0.5, 0.6) is 5.75 Å². The lowest BCUT2D eigenvalue weighted by Gasteiger charge is -2.23. The Hall–Kier alpha value is -2.61. The Labute approximate surface area is 184 Å². The summed E-state index contributed by atoms with van der Waals surface area (Å²) in [6, 6.07) is 0. The number of ether oxygens (including phenoxy) is 1. The van der Waals surface area contributed by atoms with E-state index in [1.165, 1.54) is 32.1 Å². The van der Waals surface area contributed by atoms with Gasteiger partial charge in [-0.15, -0.1) is 0 Å². The van der Waals surface area contributed by atoms with E-state index < -0.39 is 0 Å². The van der Waals surface area contributed by atoms with Gasteiger partial charge in [-0.25, -0.2) is 15.8 Å². The molecule has 8 heteroatoms. The lowest BCUT2D eigenvalue weighted by Crippen LogP contribution is -2.27. The van der Waals surface area contributed by atoms with Crippen LogP contribution in [0.15, 0.2) is 24.3 Å². The molecular weight excluding hydrogens is 390 g/mol. The van der Waals surface area contributed by atoms with Gasteiger partial charge in [0.25, 0.3) is 0 Å². The number of rotatable bonds is 9. The first kappa shape index (κ1) is 21.6. The summed E-state index contributed by atoms with van der Waals surface area (Å²) in [6.07, 6.45) is 16.0. The Morgan fingerprint density at radius 3 is 2.71 bits per heavy atom. The van der Waals surface area contributed by atoms with E-state index in [0.717, 1.165) is 60.0 Å². The maximum atomic E-state index is 6.25. The van der Waals surface area contributed by atoms with Gasteiger partial charge in [-0.3, -0.25) is 4.68 Å². The van der Waals surface area contributed by atoms with E-state index in [0.29, 0.717) is 12.4 Å². The lowest BCUT2D eigenvalue weighted by molar-refractivity contribution is 0.152. The van der Waals surface area contributed by atoms with Gasteiger partial charge < -0.3 is 15.5 Å². The van der Waals surface area contributed by atoms with Crippen molar-refractivity contribution in [2.45, 2.75) is 77.4 Å². The summed E-state index contributed by atoms with van der Waals surface area (Å²) in [4.78, 5) is 9.45. The molecule has 0 spiro atoms. The third kappa shape index (κ3) is 5.55. The second-order valence-electron chi connectivity index (χ2n) is 8.89. The van der Waals surface area contributed by atoms with E-state index >= 15 is 0 Å². The minimum absolute atomic E-state index is 0.279. The van der Waals surface area contributed by atoms with Gasteiger partial charge in [0.1, 0.15) is 0 Å². The summed E-state index contributed by atoms with van der Waals surface area (Å²) >= 11 is 0. The molecule has 2 aromatic rings. The minimum Gasteiger partial charge on any atom is -0.487 e. The Kier molecular flexibility index (Phi) is 6.75. The molecule has 0 radical (unpaired) electrons. The SMILES string of the molecule is CCc1nc(-c2cnn(C)c2CN(N)/C=C(\N)CC2CC2)ncc1OC1CCCCC1. The van der Waals surface area contributed by atoms with Gasteiger partial charge in [-0.2, -0.15) is 5.10 Å². The van der Waals surface area contributed by atoms with Gasteiger partial charge in [-0.05, 0) is 57.3 Å². The molecular formula is C23H35N7O. The molecule has 2 heterocycles. The number of aryl methyl sites for hydroxylation is 2. The number of hydrogen-bond donors (Lipinski definition) is 2. The van der Waals surface area contributed by atoms with Crippen molar-refractivity contribution in [2.24, 2.45) is 24.5 Å². The highest BCUT2D eigenvalue weighted by molar-refractivity contribution is 5.58. The highest BCUT2D eigenvalue weighted by Gasteiger charge is 2.22. The average molecular weight is 426 g/mol. The largest absolute Gasteiger partial charge is 0.487 e. The second-order valence-corrected chi connectivity index (χ2v) is 8.89. The fourth-order valence-electron chi connectivity index (χ4n) is 4.23. The zero-order valence-corrected chi connectivity index (χ0v) is 18.8. The van der Waals surface area contributed by atoms with E-state index in [2.05, 4.69) is 17.0 Å². The zero-order valence-electron chi connectivity index (χ0n) is 18.8. The monoisotopic (exact) mass is 425 g/mol. The Morgan fingerprint density at radius 1 is 1.23 bits per heavy atom. The molecule has 0 saturated heterocycles. The molecule has 2 aliphatic rings. The number of allylic oxidation sites excluding steroid dienone is 1. The Bertz CT molecular complexity index is 913. The third-order valence-electron chi connectivity index (χ3n) is 6.20. The summed E-state index contributed by atoms with van der Waals surface area (Å²) in [7, 11) is 1.91. The fraction of sp³-hybridized carbons (Fsp3) is 0.609. The Morgan fingerprint density at radius 2 is 2.00 bits per heavy atom. The van der Waals surface area contributed by atoms with E-state index in [1.807, 2.05) is 24.1 Å². The van der Waals surface area contributed by atoms with Gasteiger partial charge in [0.15, 0.2) is 11.6 Å². The quantitative estimate of drug-likeness (QED) is 0.468. The van der Waals surface area contributed by atoms with Crippen LogP contribution in [-0.2, 0) is 20.0 Å². The highest BCUT2D eigenvalue weighted by Crippen LogP contribution is 2.34. The molecule has 31 heavy (non-hydrogen) atoms. The van der Waals surface area contributed by atoms with E-state index in [-0.39, 0.29) is 6.10 Å². The normalized spacial score (nSPS) is 17.7. The van der Waals surface area contributed by atoms with Crippen LogP contribution in [0, 0.1) is 5.92 Å². The van der Waals surface area contributed by atoms with Crippen molar-refractivity contribution in [1.29, 1.82) is 0 Å². The van der Waals surface area contributed by atoms with Crippen LogP contribution in [0.4, 0.5) is 0 Å². The summed E-state index contributed by atoms with van der Waals surface area (Å²) in [5.74, 6) is 8.42. The van der Waals surface area contributed by atoms with Gasteiger partial charge in [0.2, 0.25) is 0 Å². The number of aromatic nitrogens is 4. The maximum Gasteiger partial charge on any atom is 0.163 e. The number of nitrogens with zero attached hydrogens (tertiary/aromatic N) is 5. The van der Waals surface area contributed by atoms with Crippen LogP contribution in [0.1, 0.15) is 69.7 Å². The third-order valence-corrected chi connectivity index (χ3v) is 6.20. The lowest BCUT2D eigenvalue weighted by atomic mass is 9.98. The van der Waals surface area contributed by atoms with Gasteiger partial charge in [-0.1, -0.05) is 13.3 Å². The molecule has 2 saturated carbocycles. The first-order valence-corrected chi connectivity index (χ1v) is 11.5. The van der Waals surface area contributed by atoms with Gasteiger partial charge >= 0.3 is 0 Å². The van der Waals surface area contributed by atoms with E-state index in [9.17, 15) is 0 Å². The summed E-state index contributed by atoms with van der Waals surface area (Å²) < 4.78 is 8.07. The molecule has 8 nitrogen and oxygen atoms in total. The number of nitrogens with two attached hydrogens (primary N) is 2. The molecule has 2 aliphatic carbocycles. The minimum atomic E-state index is 0.279. The van der Waals surface area contributed by atoms with Crippen molar-refractivity contribution in [3.05, 3.63) is 35.7 Å². The maximum absolute atomic E-state index is 6.25. The molecule has 0 aromatic carbocycles. The van der Waals surface area contributed by atoms with E-state index in [4.69, 9.17) is 21.3 Å². The van der Waals surface area contributed by atoms with Crippen LogP contribution in [0.2, 0.25) is 0 Å². The van der Waals surface area contributed by atoms with Crippen molar-refractivity contribution in [1.82, 2.24) is 24.8 Å². The van der Waals surface area contributed by atoms with Crippen molar-refractivity contribution in [3.8, 4) is 17.1 Å². The first-order valence-electron chi connectivity index (χ1n) is 11.5. The molecule has 4 N–H and O–H groups in total. The van der Waals surface area contributed by atoms with Crippen molar-refractivity contribution in [3.63, 3.8) is 0 Å². The van der Waals surface area contributed by atoms with Crippen LogP contribution in [-0.4, -0.2) is 30.9 Å². The zero-order chi connectivity index (χ0) is 21.8. The van der Waals surface area contributed by atoms with Crippen molar-refractivity contribution < 1.29 is 4.74 Å². The molecule has 4 rings (SSSR count). The summed E-state index contributed by atoms with van der Waals surface area (Å²) in [6.45, 7) is 2.57. The Balaban J connectivity index is 1.51. The molecule has 168 valence electrons. The van der Waals surface area contributed by atoms with Gasteiger partial charge in [0, 0.05) is 18.9 Å². The molecule has 0 amide bonds. The van der Waals surface area contributed by atoms with Crippen molar-refractivity contribution >= 4 is 0 Å². The molecule has 0 bridgehead atoms. The number of hydrogen-bond acceptors (Lipinski definition) is 7. The van der Waals surface area contributed by atoms with Crippen molar-refractivity contribution in [2.75, 3.05) is 0 Å². The predicted octanol–water partition coefficient (Wildman–Crippen LogP) is 3.43. The molecule has 0 unspecified atom stereocenters. The van der Waals surface area contributed by atoms with Crippen LogP contribution in [0.25, 0.3) is 11.4 Å². The second kappa shape index (κ2) is 9.68. The smallest absolute Gasteiger partial charge is 0.163 e. The fourth-order valence-corrected chi connectivity index (χ4v) is 4.23. The highest BCUT2D eigenvalue weighted by atomic mass is 16.5. The van der Waals surface area contributed by atoms with Crippen LogP contribution in [0.3, 0.4) is 0 Å². The molecule has 0 atom stereocenters. The summed E-state index contributed by atoms with van der Waals surface area (Å²) in [5, 5.41) is 6.05. The summed E-state index contributed by atoms with van der Waals surface area (Å²) in [5.41, 5.74) is 9.72. The standard InChI is InChI=1S/C23H35N7O/c1-3-20-22(31-18-7-5-4-6-8-18)13-26-23(28-20)19-12-27-29(2)21(19)15-30(25)14-17(24)11-16-9-10-16/h12-14,16,18H,3-11,15,24-25H2,1-2H3/b17-14-. The average Bonchev–Trinajstić information content (AvgIpc) is 3.50. The first-order chi connectivity index (χ1) is 15.0. The van der Waals surface area contributed by atoms with Gasteiger partial charge in [0.05, 0.1) is 42.0 Å². The molecule has 0 aliphatic heterocycles. The molecule has 2 aromatic heterocycles. The van der Waals surface area contributed by atoms with E-state index in [1.54, 1.807) is 11.2 Å². The van der Waals surface area contributed by atoms with Crippen LogP contribution >= 0.6 is 0 Å². The molecule has 2 fully saturated rings. The van der Waals surface area contributed by atoms with Crippen LogP contribution < -0.4 is 16.3 Å².